The van der Waals surface area contributed by atoms with Crippen LogP contribution in [0.25, 0.3) is 11.1 Å². The Bertz CT molecular complexity index is 480. The molecule has 0 aliphatic rings. The van der Waals surface area contributed by atoms with Crippen molar-refractivity contribution in [3.63, 3.8) is 0 Å². The number of hydrogen-bond acceptors (Lipinski definition) is 2. The number of nitrogens with two attached hydrogens (primary N) is 1. The Labute approximate surface area is 106 Å². The van der Waals surface area contributed by atoms with Gasteiger partial charge in [-0.15, -0.1) is 12.4 Å². The molecule has 0 radical (unpaired) electrons. The van der Waals surface area contributed by atoms with Gasteiger partial charge in [-0.1, -0.05) is 29.8 Å². The minimum Gasteiger partial charge on any atom is -0.325 e. The summed E-state index contributed by atoms with van der Waals surface area (Å²) in [6.45, 7) is 0.455. The lowest BCUT2D eigenvalue weighted by molar-refractivity contribution is 0.713. The maximum Gasteiger partial charge on any atom is 0.0595 e. The third-order valence-corrected chi connectivity index (χ3v) is 2.75. The van der Waals surface area contributed by atoms with Crippen molar-refractivity contribution in [2.45, 2.75) is 6.54 Å². The first-order chi connectivity index (χ1) is 7.24. The summed E-state index contributed by atoms with van der Waals surface area (Å²) in [6.07, 6.45) is 1.80. The predicted octanol–water partition coefficient (Wildman–Crippen LogP) is 2.62. The van der Waals surface area contributed by atoms with Crippen LogP contribution in [0.1, 0.15) is 5.69 Å². The van der Waals surface area contributed by atoms with Crippen LogP contribution in [0.4, 0.5) is 0 Å². The summed E-state index contributed by atoms with van der Waals surface area (Å²) < 4.78 is 1.78. The number of rotatable bonds is 2. The van der Waals surface area contributed by atoms with Crippen LogP contribution in [-0.2, 0) is 13.6 Å². The number of halogens is 2. The van der Waals surface area contributed by atoms with Crippen molar-refractivity contribution in [1.82, 2.24) is 9.78 Å². The first-order valence-electron chi connectivity index (χ1n) is 4.70. The second-order valence-electron chi connectivity index (χ2n) is 3.31. The van der Waals surface area contributed by atoms with E-state index in [2.05, 4.69) is 5.10 Å². The van der Waals surface area contributed by atoms with Crippen LogP contribution < -0.4 is 5.73 Å². The highest BCUT2D eigenvalue weighted by Crippen LogP contribution is 2.29. The quantitative estimate of drug-likeness (QED) is 0.899. The number of aryl methyl sites for hydroxylation is 1. The fourth-order valence-electron chi connectivity index (χ4n) is 1.61. The van der Waals surface area contributed by atoms with Gasteiger partial charge in [0.25, 0.3) is 0 Å². The number of aromatic nitrogens is 2. The molecular weight excluding hydrogens is 245 g/mol. The predicted molar refractivity (Wildman–Crippen MR) is 68.8 cm³/mol. The van der Waals surface area contributed by atoms with Gasteiger partial charge < -0.3 is 5.73 Å². The van der Waals surface area contributed by atoms with Crippen LogP contribution in [0.2, 0.25) is 5.02 Å². The topological polar surface area (TPSA) is 43.8 Å². The highest BCUT2D eigenvalue weighted by molar-refractivity contribution is 6.33. The van der Waals surface area contributed by atoms with Gasteiger partial charge in [-0.3, -0.25) is 4.68 Å². The molecule has 86 valence electrons. The Hall–Kier alpha value is -1.03. The van der Waals surface area contributed by atoms with E-state index in [1.54, 1.807) is 10.9 Å². The maximum atomic E-state index is 6.12. The Morgan fingerprint density at radius 3 is 2.62 bits per heavy atom. The maximum absolute atomic E-state index is 6.12. The first kappa shape index (κ1) is 13.0. The molecule has 0 aliphatic heterocycles. The van der Waals surface area contributed by atoms with E-state index in [9.17, 15) is 0 Å². The monoisotopic (exact) mass is 257 g/mol. The summed E-state index contributed by atoms with van der Waals surface area (Å²) in [5, 5.41) is 4.91. The van der Waals surface area contributed by atoms with Gasteiger partial charge in [-0.25, -0.2) is 0 Å². The largest absolute Gasteiger partial charge is 0.325 e. The highest BCUT2D eigenvalue weighted by atomic mass is 35.5. The Kier molecular flexibility index (Phi) is 4.35. The molecule has 0 saturated heterocycles. The van der Waals surface area contributed by atoms with Gasteiger partial charge in [0.1, 0.15) is 0 Å². The van der Waals surface area contributed by atoms with Crippen LogP contribution in [-0.4, -0.2) is 9.78 Å². The van der Waals surface area contributed by atoms with Crippen molar-refractivity contribution in [1.29, 1.82) is 0 Å². The molecule has 0 atom stereocenters. The molecule has 5 heteroatoms. The van der Waals surface area contributed by atoms with Crippen molar-refractivity contribution < 1.29 is 0 Å². The fraction of sp³-hybridized carbons (Fsp3) is 0.182. The second-order valence-corrected chi connectivity index (χ2v) is 3.72. The summed E-state index contributed by atoms with van der Waals surface area (Å²) in [6, 6.07) is 7.70. The average molecular weight is 258 g/mol. The molecule has 2 rings (SSSR count). The van der Waals surface area contributed by atoms with Crippen LogP contribution in [0, 0.1) is 0 Å². The summed E-state index contributed by atoms with van der Waals surface area (Å²) in [7, 11) is 1.88. The molecule has 0 unspecified atom stereocenters. The van der Waals surface area contributed by atoms with Gasteiger partial charge in [0.05, 0.1) is 11.9 Å². The summed E-state index contributed by atoms with van der Waals surface area (Å²) in [5.41, 5.74) is 8.65. The second kappa shape index (κ2) is 5.34. The minimum absolute atomic E-state index is 0. The van der Waals surface area contributed by atoms with Crippen molar-refractivity contribution in [2.24, 2.45) is 12.8 Å². The molecular formula is C11H13Cl2N3. The van der Waals surface area contributed by atoms with Crippen LogP contribution in [0.3, 0.4) is 0 Å². The standard InChI is InChI=1S/C11H12ClN3.ClH/c1-15-11(6-13)9(7-14-15)8-4-2-3-5-10(8)12;/h2-5,7H,6,13H2,1H3;1H. The molecule has 0 spiro atoms. The molecule has 1 aromatic heterocycles. The molecule has 0 amide bonds. The first-order valence-corrected chi connectivity index (χ1v) is 5.07. The van der Waals surface area contributed by atoms with Gasteiger partial charge >= 0.3 is 0 Å². The van der Waals surface area contributed by atoms with E-state index >= 15 is 0 Å². The summed E-state index contributed by atoms with van der Waals surface area (Å²) in [4.78, 5) is 0. The molecule has 2 N–H and O–H groups in total. The number of nitrogens with zero attached hydrogens (tertiary/aromatic N) is 2. The van der Waals surface area contributed by atoms with Crippen molar-refractivity contribution >= 4 is 24.0 Å². The lowest BCUT2D eigenvalue weighted by atomic mass is 10.1. The normalized spacial score (nSPS) is 9.94. The summed E-state index contributed by atoms with van der Waals surface area (Å²) >= 11 is 6.12. The van der Waals surface area contributed by atoms with E-state index in [1.165, 1.54) is 0 Å². The molecule has 16 heavy (non-hydrogen) atoms. The number of hydrogen-bond donors (Lipinski definition) is 1. The van der Waals surface area contributed by atoms with Crippen LogP contribution >= 0.6 is 24.0 Å². The summed E-state index contributed by atoms with van der Waals surface area (Å²) in [5.74, 6) is 0. The van der Waals surface area contributed by atoms with Crippen molar-refractivity contribution in [3.05, 3.63) is 41.2 Å². The van der Waals surface area contributed by atoms with E-state index in [-0.39, 0.29) is 12.4 Å². The van der Waals surface area contributed by atoms with Crippen molar-refractivity contribution in [2.75, 3.05) is 0 Å². The van der Waals surface area contributed by atoms with E-state index in [0.29, 0.717) is 6.54 Å². The zero-order valence-electron chi connectivity index (χ0n) is 8.85. The third-order valence-electron chi connectivity index (χ3n) is 2.42. The van der Waals surface area contributed by atoms with Crippen molar-refractivity contribution in [3.8, 4) is 11.1 Å². The Balaban J connectivity index is 0.00000128. The minimum atomic E-state index is 0. The molecule has 0 aliphatic carbocycles. The average Bonchev–Trinajstić information content (AvgIpc) is 2.60. The van der Waals surface area contributed by atoms with E-state index in [4.69, 9.17) is 17.3 Å². The Morgan fingerprint density at radius 1 is 1.31 bits per heavy atom. The Morgan fingerprint density at radius 2 is 2.00 bits per heavy atom. The lowest BCUT2D eigenvalue weighted by Gasteiger charge is -2.05. The zero-order valence-corrected chi connectivity index (χ0v) is 10.4. The SMILES string of the molecule is Cl.Cn1ncc(-c2ccccc2Cl)c1CN. The van der Waals surface area contributed by atoms with Gasteiger partial charge in [-0.2, -0.15) is 5.10 Å². The van der Waals surface area contributed by atoms with Gasteiger partial charge in [0.15, 0.2) is 0 Å². The number of benzene rings is 1. The zero-order chi connectivity index (χ0) is 10.8. The highest BCUT2D eigenvalue weighted by Gasteiger charge is 2.11. The van der Waals surface area contributed by atoms with Gasteiger partial charge in [-0.05, 0) is 6.07 Å². The van der Waals surface area contributed by atoms with E-state index in [0.717, 1.165) is 21.8 Å². The molecule has 3 nitrogen and oxygen atoms in total. The smallest absolute Gasteiger partial charge is 0.0595 e. The molecule has 2 aromatic rings. The molecule has 0 saturated carbocycles. The molecule has 0 bridgehead atoms. The van der Waals surface area contributed by atoms with Gasteiger partial charge in [0.2, 0.25) is 0 Å². The van der Waals surface area contributed by atoms with Crippen LogP contribution in [0.15, 0.2) is 30.5 Å². The van der Waals surface area contributed by atoms with E-state index in [1.807, 2.05) is 31.3 Å². The molecule has 0 fully saturated rings. The fourth-order valence-corrected chi connectivity index (χ4v) is 1.85. The molecule has 1 aromatic carbocycles. The van der Waals surface area contributed by atoms with Gasteiger partial charge in [0, 0.05) is 29.7 Å². The van der Waals surface area contributed by atoms with Crippen LogP contribution in [0.5, 0.6) is 0 Å². The molecule has 1 heterocycles. The third kappa shape index (κ3) is 2.21. The lowest BCUT2D eigenvalue weighted by Crippen LogP contribution is -2.05. The van der Waals surface area contributed by atoms with E-state index < -0.39 is 0 Å².